The summed E-state index contributed by atoms with van der Waals surface area (Å²) >= 11 is 0. The Hall–Kier alpha value is -1.06. The van der Waals surface area contributed by atoms with Gasteiger partial charge in [-0.2, -0.15) is 0 Å². The fourth-order valence-corrected chi connectivity index (χ4v) is 3.22. The van der Waals surface area contributed by atoms with Crippen LogP contribution in [0.5, 0.6) is 0 Å². The van der Waals surface area contributed by atoms with Crippen molar-refractivity contribution in [2.24, 2.45) is 0 Å². The summed E-state index contributed by atoms with van der Waals surface area (Å²) in [7, 11) is 0. The van der Waals surface area contributed by atoms with E-state index in [9.17, 15) is 9.59 Å². The topological polar surface area (TPSA) is 52.6 Å². The molecule has 0 spiro atoms. The summed E-state index contributed by atoms with van der Waals surface area (Å²) in [4.78, 5) is 23.4. The van der Waals surface area contributed by atoms with Crippen LogP contribution in [-0.4, -0.2) is 24.6 Å². The van der Waals surface area contributed by atoms with Gasteiger partial charge >= 0.3 is 11.9 Å². The minimum Gasteiger partial charge on any atom is -0.466 e. The highest BCUT2D eigenvalue weighted by Crippen LogP contribution is 2.11. The SMILES string of the molecule is CCCCCCCCOC(=O)CCCCCCCCC(=O)OC(C)CCCC. The fourth-order valence-electron chi connectivity index (χ4n) is 3.22. The Balaban J connectivity index is 3.33. The van der Waals surface area contributed by atoms with Gasteiger partial charge < -0.3 is 9.47 Å². The second-order valence-corrected chi connectivity index (χ2v) is 8.05. The van der Waals surface area contributed by atoms with Crippen LogP contribution in [0.15, 0.2) is 0 Å². The van der Waals surface area contributed by atoms with E-state index in [0.29, 0.717) is 19.4 Å². The van der Waals surface area contributed by atoms with Crippen molar-refractivity contribution >= 4 is 11.9 Å². The average molecular weight is 399 g/mol. The Bertz CT molecular complexity index is 368. The standard InChI is InChI=1S/C24H46O4/c1-4-6-8-9-14-17-21-27-23(25)19-15-12-10-11-13-16-20-24(26)28-22(3)18-7-5-2/h22H,4-21H2,1-3H3. The van der Waals surface area contributed by atoms with E-state index in [1.165, 1.54) is 32.1 Å². The molecule has 0 heterocycles. The van der Waals surface area contributed by atoms with E-state index >= 15 is 0 Å². The van der Waals surface area contributed by atoms with E-state index in [-0.39, 0.29) is 18.0 Å². The predicted octanol–water partition coefficient (Wildman–Crippen LogP) is 7.13. The lowest BCUT2D eigenvalue weighted by Crippen LogP contribution is -2.14. The molecule has 0 aromatic heterocycles. The fraction of sp³-hybridized carbons (Fsp3) is 0.917. The number of esters is 2. The Kier molecular flexibility index (Phi) is 19.9. The van der Waals surface area contributed by atoms with Gasteiger partial charge in [0.05, 0.1) is 12.7 Å². The molecular formula is C24H46O4. The van der Waals surface area contributed by atoms with Crippen LogP contribution in [-0.2, 0) is 19.1 Å². The second-order valence-electron chi connectivity index (χ2n) is 8.05. The van der Waals surface area contributed by atoms with Crippen molar-refractivity contribution in [1.29, 1.82) is 0 Å². The number of carbonyl (C=O) groups is 2. The molecule has 0 aliphatic heterocycles. The van der Waals surface area contributed by atoms with Crippen LogP contribution in [0.25, 0.3) is 0 Å². The van der Waals surface area contributed by atoms with Gasteiger partial charge in [-0.3, -0.25) is 9.59 Å². The minimum atomic E-state index is -0.0586. The quantitative estimate of drug-likeness (QED) is 0.162. The van der Waals surface area contributed by atoms with E-state index in [1.807, 2.05) is 6.92 Å². The average Bonchev–Trinajstić information content (AvgIpc) is 2.67. The molecule has 0 aromatic rings. The zero-order chi connectivity index (χ0) is 20.9. The summed E-state index contributed by atoms with van der Waals surface area (Å²) < 4.78 is 10.7. The van der Waals surface area contributed by atoms with Crippen molar-refractivity contribution in [3.8, 4) is 0 Å². The second kappa shape index (κ2) is 20.7. The predicted molar refractivity (Wildman–Crippen MR) is 116 cm³/mol. The molecule has 0 bridgehead atoms. The summed E-state index contributed by atoms with van der Waals surface area (Å²) in [5.74, 6) is -0.106. The van der Waals surface area contributed by atoms with E-state index in [1.54, 1.807) is 0 Å². The molecular weight excluding hydrogens is 352 g/mol. The monoisotopic (exact) mass is 398 g/mol. The van der Waals surface area contributed by atoms with Crippen molar-refractivity contribution in [2.45, 2.75) is 136 Å². The van der Waals surface area contributed by atoms with E-state index in [4.69, 9.17) is 9.47 Å². The highest BCUT2D eigenvalue weighted by molar-refractivity contribution is 5.69. The van der Waals surface area contributed by atoms with Crippen LogP contribution in [0.4, 0.5) is 0 Å². The summed E-state index contributed by atoms with van der Waals surface area (Å²) in [5, 5.41) is 0. The smallest absolute Gasteiger partial charge is 0.306 e. The first kappa shape index (κ1) is 26.9. The maximum absolute atomic E-state index is 11.7. The van der Waals surface area contributed by atoms with Crippen LogP contribution in [0.3, 0.4) is 0 Å². The summed E-state index contributed by atoms with van der Waals surface area (Å²) in [6, 6.07) is 0. The molecule has 0 rings (SSSR count). The van der Waals surface area contributed by atoms with Crippen molar-refractivity contribution in [3.05, 3.63) is 0 Å². The molecule has 166 valence electrons. The van der Waals surface area contributed by atoms with Gasteiger partial charge in [0, 0.05) is 12.8 Å². The Morgan fingerprint density at radius 3 is 1.75 bits per heavy atom. The number of hydrogen-bond donors (Lipinski definition) is 0. The van der Waals surface area contributed by atoms with Gasteiger partial charge in [-0.05, 0) is 32.6 Å². The molecule has 0 saturated carbocycles. The molecule has 1 unspecified atom stereocenters. The third-order valence-electron chi connectivity index (χ3n) is 5.07. The molecule has 0 fully saturated rings. The molecule has 0 radical (unpaired) electrons. The van der Waals surface area contributed by atoms with Gasteiger partial charge in [0.15, 0.2) is 0 Å². The molecule has 4 nitrogen and oxygen atoms in total. The van der Waals surface area contributed by atoms with Crippen LogP contribution < -0.4 is 0 Å². The van der Waals surface area contributed by atoms with Crippen molar-refractivity contribution in [1.82, 2.24) is 0 Å². The maximum atomic E-state index is 11.7. The first-order valence-electron chi connectivity index (χ1n) is 11.9. The van der Waals surface area contributed by atoms with Gasteiger partial charge in [0.25, 0.3) is 0 Å². The van der Waals surface area contributed by atoms with Gasteiger partial charge in [0.2, 0.25) is 0 Å². The number of carbonyl (C=O) groups excluding carboxylic acids is 2. The number of rotatable bonds is 20. The maximum Gasteiger partial charge on any atom is 0.306 e. The summed E-state index contributed by atoms with van der Waals surface area (Å²) in [5.41, 5.74) is 0. The Morgan fingerprint density at radius 1 is 0.643 bits per heavy atom. The third kappa shape index (κ3) is 19.7. The van der Waals surface area contributed by atoms with Crippen molar-refractivity contribution in [2.75, 3.05) is 6.61 Å². The lowest BCUT2D eigenvalue weighted by molar-refractivity contribution is -0.148. The largest absolute Gasteiger partial charge is 0.466 e. The normalized spacial score (nSPS) is 12.0. The van der Waals surface area contributed by atoms with Crippen LogP contribution in [0.1, 0.15) is 130 Å². The molecule has 0 aliphatic rings. The molecule has 4 heteroatoms. The van der Waals surface area contributed by atoms with Crippen LogP contribution >= 0.6 is 0 Å². The Labute approximate surface area is 174 Å². The Morgan fingerprint density at radius 2 is 1.14 bits per heavy atom. The van der Waals surface area contributed by atoms with Crippen LogP contribution in [0.2, 0.25) is 0 Å². The zero-order valence-electron chi connectivity index (χ0n) is 18.9. The lowest BCUT2D eigenvalue weighted by atomic mass is 10.1. The number of unbranched alkanes of at least 4 members (excludes halogenated alkanes) is 11. The van der Waals surface area contributed by atoms with Crippen molar-refractivity contribution < 1.29 is 19.1 Å². The van der Waals surface area contributed by atoms with Crippen molar-refractivity contribution in [3.63, 3.8) is 0 Å². The molecule has 0 aliphatic carbocycles. The van der Waals surface area contributed by atoms with Gasteiger partial charge in [-0.25, -0.2) is 0 Å². The highest BCUT2D eigenvalue weighted by Gasteiger charge is 2.08. The molecule has 0 amide bonds. The van der Waals surface area contributed by atoms with Gasteiger partial charge in [-0.15, -0.1) is 0 Å². The first-order valence-corrected chi connectivity index (χ1v) is 11.9. The molecule has 0 aromatic carbocycles. The van der Waals surface area contributed by atoms with E-state index < -0.39 is 0 Å². The molecule has 0 N–H and O–H groups in total. The first-order chi connectivity index (χ1) is 13.6. The van der Waals surface area contributed by atoms with Crippen LogP contribution in [0, 0.1) is 0 Å². The van der Waals surface area contributed by atoms with Gasteiger partial charge in [0.1, 0.15) is 0 Å². The number of hydrogen-bond acceptors (Lipinski definition) is 4. The molecule has 28 heavy (non-hydrogen) atoms. The lowest BCUT2D eigenvalue weighted by Gasteiger charge is -2.12. The summed E-state index contributed by atoms with van der Waals surface area (Å²) in [6.07, 6.45) is 17.8. The highest BCUT2D eigenvalue weighted by atomic mass is 16.5. The molecule has 0 saturated heterocycles. The van der Waals surface area contributed by atoms with E-state index in [2.05, 4.69) is 13.8 Å². The zero-order valence-corrected chi connectivity index (χ0v) is 18.9. The third-order valence-corrected chi connectivity index (χ3v) is 5.07. The van der Waals surface area contributed by atoms with Gasteiger partial charge in [-0.1, -0.05) is 84.5 Å². The minimum absolute atomic E-state index is 0.0477. The van der Waals surface area contributed by atoms with E-state index in [0.717, 1.165) is 64.2 Å². The molecule has 1 atom stereocenters. The number of ether oxygens (including phenoxy) is 2. The summed E-state index contributed by atoms with van der Waals surface area (Å²) in [6.45, 7) is 6.92.